The van der Waals surface area contributed by atoms with Gasteiger partial charge in [-0.1, -0.05) is 18.6 Å². The van der Waals surface area contributed by atoms with E-state index in [9.17, 15) is 13.2 Å². The maximum atomic E-state index is 12.8. The molecule has 2 aliphatic heterocycles. The van der Waals surface area contributed by atoms with Crippen LogP contribution in [0.25, 0.3) is 0 Å². The fourth-order valence-electron chi connectivity index (χ4n) is 4.47. The van der Waals surface area contributed by atoms with Crippen molar-refractivity contribution in [3.8, 4) is 5.75 Å². The number of carbonyl (C=O) groups excluding carboxylic acids is 1. The van der Waals surface area contributed by atoms with Crippen LogP contribution < -0.4 is 9.64 Å². The fraction of sp³-hybridized carbons (Fsp3) is 0.480. The second-order valence-electron chi connectivity index (χ2n) is 8.81. The van der Waals surface area contributed by atoms with E-state index >= 15 is 0 Å². The molecule has 33 heavy (non-hydrogen) atoms. The Balaban J connectivity index is 1.28. The monoisotopic (exact) mass is 471 g/mol. The number of benzene rings is 2. The number of sulfonamides is 1. The van der Waals surface area contributed by atoms with Crippen molar-refractivity contribution < 1.29 is 17.9 Å². The molecule has 2 saturated heterocycles. The molecule has 0 unspecified atom stereocenters. The number of piperazine rings is 1. The van der Waals surface area contributed by atoms with Gasteiger partial charge in [-0.25, -0.2) is 8.42 Å². The van der Waals surface area contributed by atoms with Crippen molar-refractivity contribution in [2.45, 2.75) is 38.0 Å². The second kappa shape index (κ2) is 10.1. The summed E-state index contributed by atoms with van der Waals surface area (Å²) in [5, 5.41) is 0. The Kier molecular flexibility index (Phi) is 7.24. The minimum Gasteiger partial charge on any atom is -0.484 e. The summed E-state index contributed by atoms with van der Waals surface area (Å²) < 4.78 is 32.7. The van der Waals surface area contributed by atoms with Crippen molar-refractivity contribution in [3.05, 3.63) is 53.6 Å². The highest BCUT2D eigenvalue weighted by atomic mass is 32.2. The molecule has 0 spiro atoms. The minimum absolute atomic E-state index is 0.0539. The summed E-state index contributed by atoms with van der Waals surface area (Å²) >= 11 is 0. The molecule has 0 aromatic heterocycles. The predicted octanol–water partition coefficient (Wildman–Crippen LogP) is 3.21. The number of piperidine rings is 1. The number of carbonyl (C=O) groups is 1. The molecular weight excluding hydrogens is 438 g/mol. The summed E-state index contributed by atoms with van der Waals surface area (Å²) in [6.07, 6.45) is 2.89. The number of nitrogens with zero attached hydrogens (tertiary/aromatic N) is 3. The average molecular weight is 472 g/mol. The number of amides is 1. The van der Waals surface area contributed by atoms with Crippen LogP contribution in [-0.4, -0.2) is 69.4 Å². The first-order chi connectivity index (χ1) is 15.9. The molecule has 0 N–H and O–H groups in total. The lowest BCUT2D eigenvalue weighted by molar-refractivity contribution is -0.133. The molecule has 7 nitrogen and oxygen atoms in total. The molecule has 0 saturated carbocycles. The van der Waals surface area contributed by atoms with E-state index in [4.69, 9.17) is 4.74 Å². The number of ether oxygens (including phenoxy) is 1. The van der Waals surface area contributed by atoms with Crippen molar-refractivity contribution in [2.75, 3.05) is 50.8 Å². The van der Waals surface area contributed by atoms with E-state index in [2.05, 4.69) is 36.9 Å². The zero-order chi connectivity index (χ0) is 23.4. The number of hydrogen-bond acceptors (Lipinski definition) is 5. The predicted molar refractivity (Wildman–Crippen MR) is 129 cm³/mol. The summed E-state index contributed by atoms with van der Waals surface area (Å²) in [6, 6.07) is 12.7. The van der Waals surface area contributed by atoms with Crippen LogP contribution in [0.4, 0.5) is 5.69 Å². The first-order valence-electron chi connectivity index (χ1n) is 11.7. The lowest BCUT2D eigenvalue weighted by atomic mass is 10.1. The van der Waals surface area contributed by atoms with Gasteiger partial charge in [-0.2, -0.15) is 4.31 Å². The molecule has 4 rings (SSSR count). The summed E-state index contributed by atoms with van der Waals surface area (Å²) in [5.41, 5.74) is 3.79. The van der Waals surface area contributed by atoms with E-state index in [1.807, 2.05) is 4.90 Å². The van der Waals surface area contributed by atoms with E-state index in [1.54, 1.807) is 28.6 Å². The van der Waals surface area contributed by atoms with Crippen molar-refractivity contribution in [2.24, 2.45) is 0 Å². The second-order valence-corrected chi connectivity index (χ2v) is 10.7. The van der Waals surface area contributed by atoms with Gasteiger partial charge in [0.1, 0.15) is 5.75 Å². The molecule has 0 atom stereocenters. The molecule has 0 radical (unpaired) electrons. The Hall–Kier alpha value is -2.58. The molecule has 2 heterocycles. The van der Waals surface area contributed by atoms with Gasteiger partial charge in [0.05, 0.1) is 4.90 Å². The Labute approximate surface area is 197 Å². The highest BCUT2D eigenvalue weighted by Crippen LogP contribution is 2.25. The third-order valence-corrected chi connectivity index (χ3v) is 8.60. The average Bonchev–Trinajstić information content (AvgIpc) is 2.85. The summed E-state index contributed by atoms with van der Waals surface area (Å²) in [7, 11) is -3.46. The quantitative estimate of drug-likeness (QED) is 0.647. The van der Waals surface area contributed by atoms with Gasteiger partial charge in [-0.3, -0.25) is 4.79 Å². The van der Waals surface area contributed by atoms with Crippen molar-refractivity contribution >= 4 is 21.6 Å². The van der Waals surface area contributed by atoms with E-state index in [1.165, 1.54) is 16.8 Å². The van der Waals surface area contributed by atoms with E-state index < -0.39 is 10.0 Å². The van der Waals surface area contributed by atoms with Crippen LogP contribution in [0.5, 0.6) is 5.75 Å². The number of anilines is 1. The highest BCUT2D eigenvalue weighted by Gasteiger charge is 2.26. The van der Waals surface area contributed by atoms with Crippen LogP contribution in [0, 0.1) is 13.8 Å². The van der Waals surface area contributed by atoms with Gasteiger partial charge in [0.15, 0.2) is 6.61 Å². The minimum atomic E-state index is -3.46. The first-order valence-corrected chi connectivity index (χ1v) is 13.1. The summed E-state index contributed by atoms with van der Waals surface area (Å²) in [6.45, 7) is 8.24. The van der Waals surface area contributed by atoms with Crippen LogP contribution in [0.15, 0.2) is 47.4 Å². The standard InChI is InChI=1S/C25H33N3O4S/c1-20-7-6-8-24(21(20)2)26-15-17-27(18-16-26)25(29)19-32-22-9-11-23(12-10-22)33(30,31)28-13-4-3-5-14-28/h6-12H,3-5,13-19H2,1-2H3. The third kappa shape index (κ3) is 5.33. The SMILES string of the molecule is Cc1cccc(N2CCN(C(=O)COc3ccc(S(=O)(=O)N4CCCCC4)cc3)CC2)c1C. The molecule has 0 aliphatic carbocycles. The van der Waals surface area contributed by atoms with Crippen molar-refractivity contribution in [3.63, 3.8) is 0 Å². The van der Waals surface area contributed by atoms with E-state index in [-0.39, 0.29) is 17.4 Å². The largest absolute Gasteiger partial charge is 0.484 e. The Morgan fingerprint density at radius 2 is 1.55 bits per heavy atom. The molecule has 8 heteroatoms. The molecule has 178 valence electrons. The topological polar surface area (TPSA) is 70.2 Å². The zero-order valence-corrected chi connectivity index (χ0v) is 20.3. The normalized spacial score (nSPS) is 17.8. The van der Waals surface area contributed by atoms with Gasteiger partial charge in [0.2, 0.25) is 10.0 Å². The molecule has 2 aromatic carbocycles. The Bertz CT molecular complexity index is 1070. The Morgan fingerprint density at radius 1 is 0.879 bits per heavy atom. The smallest absolute Gasteiger partial charge is 0.260 e. The fourth-order valence-corrected chi connectivity index (χ4v) is 5.99. The van der Waals surface area contributed by atoms with Crippen LogP contribution in [0.1, 0.15) is 30.4 Å². The van der Waals surface area contributed by atoms with Crippen LogP contribution in [0.3, 0.4) is 0 Å². The molecule has 2 aliphatic rings. The van der Waals surface area contributed by atoms with Crippen molar-refractivity contribution in [1.29, 1.82) is 0 Å². The van der Waals surface area contributed by atoms with Gasteiger partial charge in [0, 0.05) is 45.0 Å². The van der Waals surface area contributed by atoms with Gasteiger partial charge in [-0.15, -0.1) is 0 Å². The van der Waals surface area contributed by atoms with Crippen LogP contribution >= 0.6 is 0 Å². The number of hydrogen-bond donors (Lipinski definition) is 0. The lowest BCUT2D eigenvalue weighted by Gasteiger charge is -2.37. The summed E-state index contributed by atoms with van der Waals surface area (Å²) in [5.74, 6) is 0.440. The maximum absolute atomic E-state index is 12.8. The Morgan fingerprint density at radius 3 is 2.21 bits per heavy atom. The van der Waals surface area contributed by atoms with E-state index in [0.717, 1.165) is 32.4 Å². The molecule has 1 amide bonds. The molecule has 2 aromatic rings. The van der Waals surface area contributed by atoms with Gasteiger partial charge >= 0.3 is 0 Å². The summed E-state index contributed by atoms with van der Waals surface area (Å²) in [4.78, 5) is 17.1. The van der Waals surface area contributed by atoms with Gasteiger partial charge in [-0.05, 0) is 68.1 Å². The third-order valence-electron chi connectivity index (χ3n) is 6.69. The molecule has 0 bridgehead atoms. The number of aryl methyl sites for hydroxylation is 1. The zero-order valence-electron chi connectivity index (χ0n) is 19.5. The van der Waals surface area contributed by atoms with Crippen molar-refractivity contribution in [1.82, 2.24) is 9.21 Å². The van der Waals surface area contributed by atoms with Gasteiger partial charge in [0.25, 0.3) is 5.91 Å². The van der Waals surface area contributed by atoms with E-state index in [0.29, 0.717) is 31.9 Å². The van der Waals surface area contributed by atoms with Gasteiger partial charge < -0.3 is 14.5 Å². The highest BCUT2D eigenvalue weighted by molar-refractivity contribution is 7.89. The van der Waals surface area contributed by atoms with Crippen LogP contribution in [0.2, 0.25) is 0 Å². The maximum Gasteiger partial charge on any atom is 0.260 e. The number of rotatable bonds is 6. The first kappa shape index (κ1) is 23.6. The van der Waals surface area contributed by atoms with Crippen LogP contribution in [-0.2, 0) is 14.8 Å². The molecule has 2 fully saturated rings. The molecular formula is C25H33N3O4S. The lowest BCUT2D eigenvalue weighted by Crippen LogP contribution is -2.50.